The lowest BCUT2D eigenvalue weighted by Crippen LogP contribution is -2.12. The normalized spacial score (nSPS) is 11.4. The zero-order chi connectivity index (χ0) is 9.35. The highest BCUT2D eigenvalue weighted by atomic mass is 32.2. The van der Waals surface area contributed by atoms with Gasteiger partial charge in [0.2, 0.25) is 5.03 Å². The molecule has 0 bridgehead atoms. The average molecular weight is 192 g/mol. The molecule has 1 aromatic heterocycles. The van der Waals surface area contributed by atoms with Crippen molar-refractivity contribution in [2.45, 2.75) is 5.03 Å². The molecule has 1 rings (SSSR count). The molecule has 0 spiro atoms. The van der Waals surface area contributed by atoms with Crippen LogP contribution in [0, 0.1) is 10.1 Å². The third kappa shape index (κ3) is 1.57. The van der Waals surface area contributed by atoms with Crippen LogP contribution in [0.25, 0.3) is 0 Å². The number of aromatic nitrogens is 2. The molecule has 0 unspecified atom stereocenters. The van der Waals surface area contributed by atoms with E-state index in [9.17, 15) is 18.5 Å². The maximum atomic E-state index is 10.5. The van der Waals surface area contributed by atoms with E-state index in [1.54, 1.807) is 0 Å². The van der Waals surface area contributed by atoms with Crippen LogP contribution in [0.5, 0.6) is 0 Å². The number of hydrogen-bond donors (Lipinski definition) is 2. The predicted octanol–water partition coefficient (Wildman–Crippen LogP) is -1.03. The lowest BCUT2D eigenvalue weighted by molar-refractivity contribution is -0.389. The van der Waals surface area contributed by atoms with E-state index < -0.39 is 25.8 Å². The van der Waals surface area contributed by atoms with Crippen molar-refractivity contribution in [2.75, 3.05) is 0 Å². The van der Waals surface area contributed by atoms with Gasteiger partial charge in [-0.3, -0.25) is 0 Å². The number of nitrogens with one attached hydrogen (secondary N) is 1. The molecule has 8 nitrogen and oxygen atoms in total. The van der Waals surface area contributed by atoms with Crippen molar-refractivity contribution in [3.63, 3.8) is 0 Å². The van der Waals surface area contributed by atoms with Gasteiger partial charge in [0.25, 0.3) is 10.0 Å². The van der Waals surface area contributed by atoms with Gasteiger partial charge in [0.15, 0.2) is 0 Å². The molecule has 0 atom stereocenters. The molecule has 0 amide bonds. The minimum atomic E-state index is -3.96. The quantitative estimate of drug-likeness (QED) is 0.456. The van der Waals surface area contributed by atoms with Gasteiger partial charge in [0.05, 0.1) is 6.07 Å². The Balaban J connectivity index is 3.17. The summed E-state index contributed by atoms with van der Waals surface area (Å²) in [5, 5.41) is 19.2. The van der Waals surface area contributed by atoms with Crippen molar-refractivity contribution < 1.29 is 13.3 Å². The number of nitrogens with two attached hydrogens (primary N) is 1. The zero-order valence-electron chi connectivity index (χ0n) is 5.59. The van der Waals surface area contributed by atoms with Gasteiger partial charge < -0.3 is 10.1 Å². The van der Waals surface area contributed by atoms with Crippen molar-refractivity contribution in [1.29, 1.82) is 0 Å². The minimum absolute atomic E-state index is 0.515. The van der Waals surface area contributed by atoms with Crippen LogP contribution in [0.4, 0.5) is 5.82 Å². The summed E-state index contributed by atoms with van der Waals surface area (Å²) >= 11 is 0. The highest BCUT2D eigenvalue weighted by Gasteiger charge is 2.17. The fourth-order valence-corrected chi connectivity index (χ4v) is 0.982. The molecule has 0 saturated heterocycles. The molecule has 0 aliphatic rings. The second kappa shape index (κ2) is 2.53. The van der Waals surface area contributed by atoms with Gasteiger partial charge in [-0.05, 0) is 4.92 Å². The molecular weight excluding hydrogens is 188 g/mol. The molecule has 66 valence electrons. The van der Waals surface area contributed by atoms with Crippen LogP contribution in [0.3, 0.4) is 0 Å². The number of aromatic amines is 1. The van der Waals surface area contributed by atoms with Gasteiger partial charge in [-0.2, -0.15) is 0 Å². The van der Waals surface area contributed by atoms with Crippen LogP contribution < -0.4 is 5.14 Å². The van der Waals surface area contributed by atoms with Crippen molar-refractivity contribution in [1.82, 2.24) is 10.2 Å². The lowest BCUT2D eigenvalue weighted by Gasteiger charge is -1.85. The van der Waals surface area contributed by atoms with Gasteiger partial charge in [0, 0.05) is 0 Å². The number of hydrogen-bond acceptors (Lipinski definition) is 5. The van der Waals surface area contributed by atoms with Crippen LogP contribution in [0.1, 0.15) is 0 Å². The standard InChI is InChI=1S/C3H4N4O4S/c4-12(10,11)3-1-2(5-6-3)7(8)9/h1H,(H,5,6)(H2,4,10,11). The van der Waals surface area contributed by atoms with E-state index in [1.165, 1.54) is 0 Å². The molecule has 1 heterocycles. The van der Waals surface area contributed by atoms with E-state index in [2.05, 4.69) is 10.2 Å². The first kappa shape index (κ1) is 8.62. The Bertz CT molecular complexity index is 406. The van der Waals surface area contributed by atoms with Gasteiger partial charge in [-0.1, -0.05) is 5.10 Å². The fraction of sp³-hybridized carbons (Fsp3) is 0. The van der Waals surface area contributed by atoms with E-state index in [0.29, 0.717) is 0 Å². The Labute approximate surface area is 66.6 Å². The second-order valence-electron chi connectivity index (χ2n) is 1.89. The van der Waals surface area contributed by atoms with E-state index >= 15 is 0 Å². The fourth-order valence-electron chi connectivity index (χ4n) is 0.533. The Kier molecular flexibility index (Phi) is 1.82. The van der Waals surface area contributed by atoms with Crippen LogP contribution in [0.2, 0.25) is 0 Å². The van der Waals surface area contributed by atoms with Gasteiger partial charge in [-0.15, -0.1) is 5.10 Å². The largest absolute Gasteiger partial charge is 0.358 e. The summed E-state index contributed by atoms with van der Waals surface area (Å²) in [6, 6.07) is 0.745. The molecule has 3 N–H and O–H groups in total. The Morgan fingerprint density at radius 3 is 2.50 bits per heavy atom. The molecule has 9 heteroatoms. The van der Waals surface area contributed by atoms with Crippen LogP contribution in [-0.2, 0) is 10.0 Å². The molecule has 0 aliphatic carbocycles. The molecule has 12 heavy (non-hydrogen) atoms. The summed E-state index contributed by atoms with van der Waals surface area (Å²) in [6.45, 7) is 0. The third-order valence-electron chi connectivity index (χ3n) is 1.03. The second-order valence-corrected chi connectivity index (χ2v) is 3.40. The molecule has 0 saturated carbocycles. The van der Waals surface area contributed by atoms with E-state index in [-0.39, 0.29) is 0 Å². The number of primary sulfonamides is 1. The van der Waals surface area contributed by atoms with E-state index in [0.717, 1.165) is 6.07 Å². The first-order chi connectivity index (χ1) is 5.41. The van der Waals surface area contributed by atoms with Crippen molar-refractivity contribution in [2.24, 2.45) is 5.14 Å². The zero-order valence-corrected chi connectivity index (χ0v) is 6.41. The number of nitrogens with zero attached hydrogens (tertiary/aromatic N) is 2. The van der Waals surface area contributed by atoms with Crippen molar-refractivity contribution in [3.05, 3.63) is 16.2 Å². The summed E-state index contributed by atoms with van der Waals surface area (Å²) in [4.78, 5) is 9.24. The molecule has 0 aliphatic heterocycles. The molecular formula is C3H4N4O4S. The predicted molar refractivity (Wildman–Crippen MR) is 36.6 cm³/mol. The van der Waals surface area contributed by atoms with E-state index in [1.807, 2.05) is 5.10 Å². The van der Waals surface area contributed by atoms with Crippen LogP contribution in [-0.4, -0.2) is 23.5 Å². The Morgan fingerprint density at radius 2 is 2.25 bits per heavy atom. The Hall–Kier alpha value is -1.48. The highest BCUT2D eigenvalue weighted by Crippen LogP contribution is 2.10. The Morgan fingerprint density at radius 1 is 1.67 bits per heavy atom. The van der Waals surface area contributed by atoms with E-state index in [4.69, 9.17) is 0 Å². The first-order valence-corrected chi connectivity index (χ1v) is 4.18. The average Bonchev–Trinajstić information content (AvgIpc) is 2.30. The summed E-state index contributed by atoms with van der Waals surface area (Å²) in [7, 11) is -3.96. The minimum Gasteiger partial charge on any atom is -0.358 e. The van der Waals surface area contributed by atoms with Crippen molar-refractivity contribution in [3.8, 4) is 0 Å². The number of sulfonamides is 1. The number of nitro groups is 1. The van der Waals surface area contributed by atoms with Gasteiger partial charge >= 0.3 is 5.82 Å². The third-order valence-corrected chi connectivity index (χ3v) is 1.82. The number of rotatable bonds is 2. The monoisotopic (exact) mass is 192 g/mol. The summed E-state index contributed by atoms with van der Waals surface area (Å²) in [5.74, 6) is -0.515. The smallest absolute Gasteiger partial charge is 0.344 e. The maximum absolute atomic E-state index is 10.5. The topological polar surface area (TPSA) is 132 Å². The lowest BCUT2D eigenvalue weighted by atomic mass is 10.7. The van der Waals surface area contributed by atoms with Gasteiger partial charge in [-0.25, -0.2) is 13.6 Å². The molecule has 0 fully saturated rings. The maximum Gasteiger partial charge on any atom is 0.344 e. The molecule has 1 aromatic rings. The first-order valence-electron chi connectivity index (χ1n) is 2.64. The number of H-pyrrole nitrogens is 1. The van der Waals surface area contributed by atoms with Crippen molar-refractivity contribution >= 4 is 15.8 Å². The molecule has 0 radical (unpaired) electrons. The highest BCUT2D eigenvalue weighted by molar-refractivity contribution is 7.89. The van der Waals surface area contributed by atoms with Crippen LogP contribution >= 0.6 is 0 Å². The van der Waals surface area contributed by atoms with Crippen LogP contribution in [0.15, 0.2) is 11.1 Å². The summed E-state index contributed by atoms with van der Waals surface area (Å²) in [6.07, 6.45) is 0. The SMILES string of the molecule is NS(=O)(=O)c1cc([N+](=O)[O-])[nH]n1. The molecule has 0 aromatic carbocycles. The van der Waals surface area contributed by atoms with Gasteiger partial charge in [0.1, 0.15) is 0 Å². The summed E-state index contributed by atoms with van der Waals surface area (Å²) < 4.78 is 21.1. The summed E-state index contributed by atoms with van der Waals surface area (Å²) in [5.41, 5.74) is 0.